The summed E-state index contributed by atoms with van der Waals surface area (Å²) in [5, 5.41) is 1.36. The largest absolute Gasteiger partial charge is 0.335 e. The number of hydrogen-bond donors (Lipinski definition) is 1. The van der Waals surface area contributed by atoms with Gasteiger partial charge in [0.1, 0.15) is 5.82 Å². The molecule has 0 saturated carbocycles. The molecule has 0 aliphatic rings. The number of nitrogens with zero attached hydrogens (tertiary/aromatic N) is 1. The second-order valence-electron chi connectivity index (χ2n) is 5.84. The number of amides is 1. The van der Waals surface area contributed by atoms with Crippen LogP contribution in [0.25, 0.3) is 10.8 Å². The molecule has 0 spiro atoms. The number of rotatable bonds is 3. The Hall–Kier alpha value is -2.47. The van der Waals surface area contributed by atoms with E-state index >= 15 is 0 Å². The number of benzene rings is 2. The average molecular weight is 403 g/mol. The number of carbonyl (C=O) groups excluding carboxylic acids is 1. The van der Waals surface area contributed by atoms with Crippen LogP contribution in [0.1, 0.15) is 28.9 Å². The zero-order valence-corrected chi connectivity index (χ0v) is 15.3. The number of aromatic amines is 1. The normalized spacial score (nSPS) is 12.2. The van der Waals surface area contributed by atoms with E-state index < -0.39 is 5.82 Å². The zero-order valence-electron chi connectivity index (χ0n) is 13.7. The molecule has 25 heavy (non-hydrogen) atoms. The minimum absolute atomic E-state index is 0.171. The SMILES string of the molecule is C[C@@H](c1c[nH]c(=O)c2ccccc12)N(C)C(=O)c1ccc(Br)c(F)c1. The molecule has 1 aromatic heterocycles. The van der Waals surface area contributed by atoms with Gasteiger partial charge in [-0.25, -0.2) is 4.39 Å². The first kappa shape index (κ1) is 17.4. The molecule has 0 saturated heterocycles. The van der Waals surface area contributed by atoms with Gasteiger partial charge in [-0.3, -0.25) is 9.59 Å². The van der Waals surface area contributed by atoms with Gasteiger partial charge in [0.15, 0.2) is 0 Å². The lowest BCUT2D eigenvalue weighted by molar-refractivity contribution is 0.0743. The predicted octanol–water partition coefficient (Wildman–Crippen LogP) is 4.26. The second kappa shape index (κ2) is 6.80. The maximum Gasteiger partial charge on any atom is 0.255 e. The summed E-state index contributed by atoms with van der Waals surface area (Å²) in [4.78, 5) is 28.9. The summed E-state index contributed by atoms with van der Waals surface area (Å²) in [6.45, 7) is 1.87. The lowest BCUT2D eigenvalue weighted by Crippen LogP contribution is -2.30. The van der Waals surface area contributed by atoms with Crippen LogP contribution in [0.5, 0.6) is 0 Å². The Morgan fingerprint density at radius 1 is 1.20 bits per heavy atom. The van der Waals surface area contributed by atoms with Crippen LogP contribution in [0, 0.1) is 5.82 Å². The molecule has 1 amide bonds. The van der Waals surface area contributed by atoms with Crippen LogP contribution in [0.2, 0.25) is 0 Å². The highest BCUT2D eigenvalue weighted by Crippen LogP contribution is 2.26. The van der Waals surface area contributed by atoms with Crippen LogP contribution >= 0.6 is 15.9 Å². The van der Waals surface area contributed by atoms with Crippen molar-refractivity contribution in [3.05, 3.63) is 80.4 Å². The van der Waals surface area contributed by atoms with Crippen molar-refractivity contribution in [2.24, 2.45) is 0 Å². The van der Waals surface area contributed by atoms with Gasteiger partial charge in [0.25, 0.3) is 11.5 Å². The maximum absolute atomic E-state index is 13.7. The van der Waals surface area contributed by atoms with Crippen molar-refractivity contribution >= 4 is 32.6 Å². The fourth-order valence-corrected chi connectivity index (χ4v) is 3.04. The molecule has 4 nitrogen and oxygen atoms in total. The Kier molecular flexibility index (Phi) is 4.72. The highest BCUT2D eigenvalue weighted by atomic mass is 79.9. The summed E-state index contributed by atoms with van der Waals surface area (Å²) in [5.41, 5.74) is 0.919. The van der Waals surface area contributed by atoms with Crippen LogP contribution in [-0.4, -0.2) is 22.8 Å². The second-order valence-corrected chi connectivity index (χ2v) is 6.69. The van der Waals surface area contributed by atoms with Gasteiger partial charge in [0.05, 0.1) is 10.5 Å². The average Bonchev–Trinajstić information content (AvgIpc) is 2.63. The summed E-state index contributed by atoms with van der Waals surface area (Å²) in [6.07, 6.45) is 1.63. The predicted molar refractivity (Wildman–Crippen MR) is 99.2 cm³/mol. The number of fused-ring (bicyclic) bond motifs is 1. The molecule has 0 aliphatic carbocycles. The highest BCUT2D eigenvalue weighted by molar-refractivity contribution is 9.10. The third-order valence-electron chi connectivity index (χ3n) is 4.36. The molecule has 0 bridgehead atoms. The molecule has 1 heterocycles. The zero-order chi connectivity index (χ0) is 18.1. The lowest BCUT2D eigenvalue weighted by Gasteiger charge is -2.26. The van der Waals surface area contributed by atoms with Gasteiger partial charge < -0.3 is 9.88 Å². The third kappa shape index (κ3) is 3.22. The highest BCUT2D eigenvalue weighted by Gasteiger charge is 2.21. The van der Waals surface area contributed by atoms with Gasteiger partial charge in [-0.15, -0.1) is 0 Å². The van der Waals surface area contributed by atoms with Crippen LogP contribution in [0.4, 0.5) is 4.39 Å². The quantitative estimate of drug-likeness (QED) is 0.711. The monoisotopic (exact) mass is 402 g/mol. The Balaban J connectivity index is 1.99. The van der Waals surface area contributed by atoms with Gasteiger partial charge in [-0.05, 0) is 58.1 Å². The number of hydrogen-bond acceptors (Lipinski definition) is 2. The van der Waals surface area contributed by atoms with E-state index in [9.17, 15) is 14.0 Å². The summed E-state index contributed by atoms with van der Waals surface area (Å²) >= 11 is 3.08. The number of pyridine rings is 1. The minimum atomic E-state index is -0.485. The molecule has 3 rings (SSSR count). The third-order valence-corrected chi connectivity index (χ3v) is 5.00. The van der Waals surface area contributed by atoms with Crippen molar-refractivity contribution in [1.82, 2.24) is 9.88 Å². The lowest BCUT2D eigenvalue weighted by atomic mass is 10.0. The fourth-order valence-electron chi connectivity index (χ4n) is 2.79. The molecule has 0 radical (unpaired) electrons. The first-order valence-corrected chi connectivity index (χ1v) is 8.52. The van der Waals surface area contributed by atoms with Crippen molar-refractivity contribution in [2.75, 3.05) is 7.05 Å². The van der Waals surface area contributed by atoms with Crippen molar-refractivity contribution in [2.45, 2.75) is 13.0 Å². The van der Waals surface area contributed by atoms with E-state index in [0.29, 0.717) is 9.86 Å². The number of H-pyrrole nitrogens is 1. The van der Waals surface area contributed by atoms with Gasteiger partial charge in [-0.2, -0.15) is 0 Å². The molecule has 0 fully saturated rings. The molecule has 128 valence electrons. The van der Waals surface area contributed by atoms with E-state index in [2.05, 4.69) is 20.9 Å². The smallest absolute Gasteiger partial charge is 0.255 e. The standard InChI is InChI=1S/C19H16BrFN2O2/c1-11(15-10-22-18(24)14-6-4-3-5-13(14)15)23(2)19(25)12-7-8-16(20)17(21)9-12/h3-11H,1-2H3,(H,22,24)/t11-/m0/s1. The maximum atomic E-state index is 13.7. The van der Waals surface area contributed by atoms with Crippen LogP contribution in [0.15, 0.2) is 57.9 Å². The summed E-state index contributed by atoms with van der Waals surface area (Å²) in [7, 11) is 1.66. The van der Waals surface area contributed by atoms with Crippen molar-refractivity contribution in [3.8, 4) is 0 Å². The Labute approximate surface area is 152 Å². The molecule has 3 aromatic rings. The molecule has 1 atom stereocenters. The number of nitrogens with one attached hydrogen (secondary N) is 1. The van der Waals surface area contributed by atoms with Gasteiger partial charge in [0.2, 0.25) is 0 Å². The van der Waals surface area contributed by atoms with Gasteiger partial charge in [0, 0.05) is 24.2 Å². The Morgan fingerprint density at radius 3 is 2.56 bits per heavy atom. The van der Waals surface area contributed by atoms with Crippen LogP contribution in [0.3, 0.4) is 0 Å². The molecule has 1 N–H and O–H groups in total. The van der Waals surface area contributed by atoms with Crippen LogP contribution < -0.4 is 5.56 Å². The van der Waals surface area contributed by atoms with Crippen molar-refractivity contribution < 1.29 is 9.18 Å². The summed E-state index contributed by atoms with van der Waals surface area (Å²) in [5.74, 6) is -0.782. The van der Waals surface area contributed by atoms with E-state index in [4.69, 9.17) is 0 Å². The van der Waals surface area contributed by atoms with E-state index in [1.165, 1.54) is 17.0 Å². The Bertz CT molecular complexity index is 1020. The fraction of sp³-hybridized carbons (Fsp3) is 0.158. The molecule has 2 aromatic carbocycles. The molecule has 6 heteroatoms. The molecular weight excluding hydrogens is 387 g/mol. The number of aromatic nitrogens is 1. The summed E-state index contributed by atoms with van der Waals surface area (Å²) < 4.78 is 14.0. The minimum Gasteiger partial charge on any atom is -0.335 e. The molecule has 0 unspecified atom stereocenters. The number of halogens is 2. The molecule has 0 aliphatic heterocycles. The van der Waals surface area contributed by atoms with Crippen molar-refractivity contribution in [1.29, 1.82) is 0 Å². The molecular formula is C19H16BrFN2O2. The van der Waals surface area contributed by atoms with Crippen LogP contribution in [-0.2, 0) is 0 Å². The summed E-state index contributed by atoms with van der Waals surface area (Å²) in [6, 6.07) is 11.2. The van der Waals surface area contributed by atoms with Gasteiger partial charge in [-0.1, -0.05) is 18.2 Å². The van der Waals surface area contributed by atoms with E-state index in [0.717, 1.165) is 10.9 Å². The first-order valence-electron chi connectivity index (χ1n) is 7.72. The Morgan fingerprint density at radius 2 is 1.88 bits per heavy atom. The van der Waals surface area contributed by atoms with E-state index in [1.54, 1.807) is 31.4 Å². The van der Waals surface area contributed by atoms with E-state index in [-0.39, 0.29) is 23.1 Å². The van der Waals surface area contributed by atoms with E-state index in [1.807, 2.05) is 19.1 Å². The first-order chi connectivity index (χ1) is 11.9. The van der Waals surface area contributed by atoms with Gasteiger partial charge >= 0.3 is 0 Å². The number of carbonyl (C=O) groups is 1. The topological polar surface area (TPSA) is 53.2 Å². The van der Waals surface area contributed by atoms with Crippen molar-refractivity contribution in [3.63, 3.8) is 0 Å².